The first-order valence-corrected chi connectivity index (χ1v) is 5.88. The fourth-order valence-corrected chi connectivity index (χ4v) is 2.08. The van der Waals surface area contributed by atoms with E-state index in [0.29, 0.717) is 19.1 Å². The Hall–Kier alpha value is -1.55. The minimum atomic E-state index is -0.244. The number of rotatable bonds is 4. The molecule has 0 spiro atoms. The van der Waals surface area contributed by atoms with Gasteiger partial charge >= 0.3 is 0 Å². The molecule has 0 radical (unpaired) electrons. The van der Waals surface area contributed by atoms with Gasteiger partial charge in [-0.25, -0.2) is 4.98 Å². The third kappa shape index (κ3) is 2.42. The van der Waals surface area contributed by atoms with Gasteiger partial charge < -0.3 is 15.0 Å². The van der Waals surface area contributed by atoms with Crippen molar-refractivity contribution in [3.05, 3.63) is 24.3 Å². The molecule has 0 saturated carbocycles. The molecule has 0 aliphatic heterocycles. The third-order valence-corrected chi connectivity index (χ3v) is 2.76. The summed E-state index contributed by atoms with van der Waals surface area (Å²) in [6, 6.07) is 7.96. The molecule has 1 heterocycles. The van der Waals surface area contributed by atoms with Crippen LogP contribution in [0, 0.1) is 0 Å². The number of hydrogen-bond acceptors (Lipinski definition) is 3. The minimum absolute atomic E-state index is 0.244. The van der Waals surface area contributed by atoms with E-state index in [4.69, 9.17) is 10.5 Å². The summed E-state index contributed by atoms with van der Waals surface area (Å²) in [4.78, 5) is 4.34. The van der Waals surface area contributed by atoms with Crippen molar-refractivity contribution in [2.75, 3.05) is 12.3 Å². The van der Waals surface area contributed by atoms with Gasteiger partial charge in [-0.05, 0) is 32.9 Å². The van der Waals surface area contributed by atoms with Crippen LogP contribution in [0.3, 0.4) is 0 Å². The van der Waals surface area contributed by atoms with Crippen molar-refractivity contribution in [1.82, 2.24) is 9.55 Å². The molecule has 1 aromatic heterocycles. The maximum atomic E-state index is 5.95. The maximum Gasteiger partial charge on any atom is 0.201 e. The number of para-hydroxylation sites is 2. The summed E-state index contributed by atoms with van der Waals surface area (Å²) in [6.07, 6.45) is 0. The molecule has 0 amide bonds. The van der Waals surface area contributed by atoms with E-state index < -0.39 is 0 Å². The quantitative estimate of drug-likeness (QED) is 0.882. The molecule has 4 nitrogen and oxygen atoms in total. The largest absolute Gasteiger partial charge is 0.374 e. The maximum absolute atomic E-state index is 5.95. The monoisotopic (exact) mass is 233 g/mol. The molecule has 2 rings (SSSR count). The Labute approximate surface area is 101 Å². The molecule has 0 atom stereocenters. The summed E-state index contributed by atoms with van der Waals surface area (Å²) >= 11 is 0. The van der Waals surface area contributed by atoms with Gasteiger partial charge in [0.15, 0.2) is 0 Å². The zero-order valence-corrected chi connectivity index (χ0v) is 10.6. The van der Waals surface area contributed by atoms with Crippen molar-refractivity contribution in [3.8, 4) is 0 Å². The molecular formula is C13H19N3O. The Morgan fingerprint density at radius 1 is 1.35 bits per heavy atom. The van der Waals surface area contributed by atoms with Gasteiger partial charge in [0, 0.05) is 6.61 Å². The summed E-state index contributed by atoms with van der Waals surface area (Å²) in [5.74, 6) is 0.541. The van der Waals surface area contributed by atoms with Crippen LogP contribution in [-0.2, 0) is 11.3 Å². The molecule has 2 N–H and O–H groups in total. The van der Waals surface area contributed by atoms with Crippen LogP contribution in [-0.4, -0.2) is 21.8 Å². The van der Waals surface area contributed by atoms with Crippen molar-refractivity contribution in [3.63, 3.8) is 0 Å². The first kappa shape index (κ1) is 11.9. The molecule has 0 unspecified atom stereocenters. The first-order chi connectivity index (χ1) is 8.03. The van der Waals surface area contributed by atoms with Gasteiger partial charge in [-0.1, -0.05) is 12.1 Å². The van der Waals surface area contributed by atoms with Gasteiger partial charge in [-0.15, -0.1) is 0 Å². The molecule has 17 heavy (non-hydrogen) atoms. The number of benzene rings is 1. The van der Waals surface area contributed by atoms with Crippen molar-refractivity contribution in [2.24, 2.45) is 0 Å². The molecule has 92 valence electrons. The summed E-state index contributed by atoms with van der Waals surface area (Å²) < 4.78 is 7.71. The Balaban J connectivity index is 2.38. The second-order valence-electron chi connectivity index (χ2n) is 4.74. The average Bonchev–Trinajstić information content (AvgIpc) is 2.55. The number of aromatic nitrogens is 2. The molecule has 4 heteroatoms. The lowest BCUT2D eigenvalue weighted by molar-refractivity contribution is -0.0212. The van der Waals surface area contributed by atoms with Crippen LogP contribution in [0.15, 0.2) is 24.3 Å². The van der Waals surface area contributed by atoms with Crippen LogP contribution in [0.4, 0.5) is 5.95 Å². The highest BCUT2D eigenvalue weighted by molar-refractivity contribution is 5.78. The van der Waals surface area contributed by atoms with Crippen molar-refractivity contribution in [2.45, 2.75) is 32.9 Å². The number of hydrogen-bond donors (Lipinski definition) is 1. The topological polar surface area (TPSA) is 53.1 Å². The van der Waals surface area contributed by atoms with Crippen molar-refractivity contribution in [1.29, 1.82) is 0 Å². The number of imidazole rings is 1. The van der Waals surface area contributed by atoms with E-state index in [-0.39, 0.29) is 5.60 Å². The first-order valence-electron chi connectivity index (χ1n) is 5.88. The smallest absolute Gasteiger partial charge is 0.201 e. The number of nitrogens with two attached hydrogens (primary N) is 1. The summed E-state index contributed by atoms with van der Waals surface area (Å²) in [6.45, 7) is 7.51. The zero-order valence-electron chi connectivity index (χ0n) is 10.6. The van der Waals surface area contributed by atoms with E-state index in [1.807, 2.05) is 35.8 Å². The normalized spacial score (nSPS) is 12.2. The van der Waals surface area contributed by atoms with E-state index in [1.165, 1.54) is 0 Å². The predicted molar refractivity (Wildman–Crippen MR) is 69.9 cm³/mol. The Morgan fingerprint density at radius 2 is 2.06 bits per heavy atom. The van der Waals surface area contributed by atoms with Gasteiger partial charge in [0.1, 0.15) is 0 Å². The van der Waals surface area contributed by atoms with Gasteiger partial charge in [-0.3, -0.25) is 0 Å². The van der Waals surface area contributed by atoms with Crippen LogP contribution in [0.1, 0.15) is 20.8 Å². The van der Waals surface area contributed by atoms with E-state index in [0.717, 1.165) is 11.0 Å². The summed E-state index contributed by atoms with van der Waals surface area (Å²) in [5, 5.41) is 0. The average molecular weight is 233 g/mol. The summed E-state index contributed by atoms with van der Waals surface area (Å²) in [5.41, 5.74) is 7.69. The summed E-state index contributed by atoms with van der Waals surface area (Å²) in [7, 11) is 0. The van der Waals surface area contributed by atoms with Crippen molar-refractivity contribution >= 4 is 17.0 Å². The van der Waals surface area contributed by atoms with Crippen LogP contribution < -0.4 is 5.73 Å². The zero-order chi connectivity index (χ0) is 12.5. The molecule has 0 aliphatic carbocycles. The van der Waals surface area contributed by atoms with Crippen LogP contribution in [0.5, 0.6) is 0 Å². The van der Waals surface area contributed by atoms with Crippen LogP contribution in [0.2, 0.25) is 0 Å². The molecule has 0 aliphatic rings. The Kier molecular flexibility index (Phi) is 3.07. The standard InChI is InChI=1S/C13H19N3O/c1-4-17-13(2,3)9-16-11-8-6-5-7-10(11)15-12(16)14/h5-8H,4,9H2,1-3H3,(H2,14,15). The van der Waals surface area contributed by atoms with E-state index in [2.05, 4.69) is 18.8 Å². The van der Waals surface area contributed by atoms with E-state index in [1.54, 1.807) is 0 Å². The van der Waals surface area contributed by atoms with Crippen LogP contribution >= 0.6 is 0 Å². The lowest BCUT2D eigenvalue weighted by Gasteiger charge is -2.25. The lowest BCUT2D eigenvalue weighted by Crippen LogP contribution is -2.31. The fourth-order valence-electron chi connectivity index (χ4n) is 2.08. The SMILES string of the molecule is CCOC(C)(C)Cn1c(N)nc2ccccc21. The highest BCUT2D eigenvalue weighted by atomic mass is 16.5. The highest BCUT2D eigenvalue weighted by Gasteiger charge is 2.21. The van der Waals surface area contributed by atoms with E-state index in [9.17, 15) is 0 Å². The lowest BCUT2D eigenvalue weighted by atomic mass is 10.1. The number of nitrogen functional groups attached to an aromatic ring is 1. The van der Waals surface area contributed by atoms with Gasteiger partial charge in [0.25, 0.3) is 0 Å². The number of anilines is 1. The van der Waals surface area contributed by atoms with Crippen molar-refractivity contribution < 1.29 is 4.74 Å². The van der Waals surface area contributed by atoms with Gasteiger partial charge in [0.2, 0.25) is 5.95 Å². The molecule has 0 saturated heterocycles. The second kappa shape index (κ2) is 4.37. The number of fused-ring (bicyclic) bond motifs is 1. The Bertz CT molecular complexity index is 516. The van der Waals surface area contributed by atoms with Gasteiger partial charge in [0.05, 0.1) is 23.2 Å². The minimum Gasteiger partial charge on any atom is -0.374 e. The van der Waals surface area contributed by atoms with Crippen LogP contribution in [0.25, 0.3) is 11.0 Å². The predicted octanol–water partition coefficient (Wildman–Crippen LogP) is 2.43. The molecule has 1 aromatic carbocycles. The third-order valence-electron chi connectivity index (χ3n) is 2.76. The molecule has 2 aromatic rings. The van der Waals surface area contributed by atoms with Gasteiger partial charge in [-0.2, -0.15) is 0 Å². The fraction of sp³-hybridized carbons (Fsp3) is 0.462. The number of nitrogens with zero attached hydrogens (tertiary/aromatic N) is 2. The molecule has 0 bridgehead atoms. The molecule has 0 fully saturated rings. The second-order valence-corrected chi connectivity index (χ2v) is 4.74. The number of ether oxygens (including phenoxy) is 1. The van der Waals surface area contributed by atoms with E-state index >= 15 is 0 Å². The Morgan fingerprint density at radius 3 is 2.76 bits per heavy atom. The molecular weight excluding hydrogens is 214 g/mol. The highest BCUT2D eigenvalue weighted by Crippen LogP contribution is 2.21.